The molecule has 0 saturated heterocycles. The summed E-state index contributed by atoms with van der Waals surface area (Å²) in [5.74, 6) is 1.54. The van der Waals surface area contributed by atoms with E-state index in [-0.39, 0.29) is 0 Å². The van der Waals surface area contributed by atoms with Gasteiger partial charge in [0.1, 0.15) is 0 Å². The summed E-state index contributed by atoms with van der Waals surface area (Å²) < 4.78 is 0. The van der Waals surface area contributed by atoms with Crippen molar-refractivity contribution in [1.82, 2.24) is 0 Å². The van der Waals surface area contributed by atoms with E-state index in [1.54, 1.807) is 11.1 Å². The number of hydrogen-bond donors (Lipinski definition) is 0. The van der Waals surface area contributed by atoms with Crippen molar-refractivity contribution in [3.05, 3.63) is 35.5 Å². The van der Waals surface area contributed by atoms with E-state index in [4.69, 9.17) is 0 Å². The third kappa shape index (κ3) is 3.45. The van der Waals surface area contributed by atoms with Crippen LogP contribution in [0.15, 0.2) is 35.5 Å². The maximum Gasteiger partial charge on any atom is -0.0149 e. The molecular formula is C20H32. The molecule has 2 unspecified atom stereocenters. The predicted octanol–water partition coefficient (Wildman–Crippen LogP) is 6.45. The van der Waals surface area contributed by atoms with Gasteiger partial charge in [-0.15, -0.1) is 0 Å². The molecule has 0 aromatic heterocycles. The summed E-state index contributed by atoms with van der Waals surface area (Å²) in [7, 11) is 0. The Balaban J connectivity index is 2.26. The van der Waals surface area contributed by atoms with Crippen LogP contribution in [0.1, 0.15) is 72.6 Å². The lowest BCUT2D eigenvalue weighted by atomic mass is 9.58. The first-order chi connectivity index (χ1) is 9.41. The van der Waals surface area contributed by atoms with E-state index < -0.39 is 0 Å². The van der Waals surface area contributed by atoms with Crippen molar-refractivity contribution >= 4 is 0 Å². The summed E-state index contributed by atoms with van der Waals surface area (Å²) in [6, 6.07) is 0. The summed E-state index contributed by atoms with van der Waals surface area (Å²) in [6.07, 6.45) is 13.8. The molecule has 0 heteroatoms. The first-order valence-electron chi connectivity index (χ1n) is 8.40. The van der Waals surface area contributed by atoms with Gasteiger partial charge in [-0.3, -0.25) is 0 Å². The molecule has 2 rings (SSSR count). The highest BCUT2D eigenvalue weighted by atomic mass is 14.5. The highest BCUT2D eigenvalue weighted by Crippen LogP contribution is 2.51. The molecule has 0 aromatic rings. The smallest absolute Gasteiger partial charge is 0.0149 e. The maximum absolute atomic E-state index is 4.40. The Hall–Kier alpha value is -0.780. The van der Waals surface area contributed by atoms with Crippen LogP contribution in [-0.2, 0) is 0 Å². The van der Waals surface area contributed by atoms with Crippen molar-refractivity contribution < 1.29 is 0 Å². The first kappa shape index (κ1) is 15.6. The van der Waals surface area contributed by atoms with E-state index >= 15 is 0 Å². The number of fused-ring (bicyclic) bond motifs is 2. The fourth-order valence-electron chi connectivity index (χ4n) is 4.18. The van der Waals surface area contributed by atoms with E-state index in [9.17, 15) is 0 Å². The summed E-state index contributed by atoms with van der Waals surface area (Å²) >= 11 is 0. The van der Waals surface area contributed by atoms with E-state index in [0.29, 0.717) is 11.3 Å². The monoisotopic (exact) mass is 272 g/mol. The lowest BCUT2D eigenvalue weighted by Crippen LogP contribution is -2.37. The van der Waals surface area contributed by atoms with Gasteiger partial charge in [0.2, 0.25) is 0 Å². The molecule has 0 amide bonds. The molecule has 2 aliphatic rings. The molecule has 112 valence electrons. The highest BCUT2D eigenvalue weighted by Gasteiger charge is 2.40. The first-order valence-corrected chi connectivity index (χ1v) is 8.40. The fourth-order valence-corrected chi connectivity index (χ4v) is 4.18. The average Bonchev–Trinajstić information content (AvgIpc) is 2.36. The SMILES string of the molecule is C=C1CCC2CC=C(C)CCC=C(C)CCC1C2(C)C. The lowest BCUT2D eigenvalue weighted by Gasteiger charge is -2.47. The molecule has 2 atom stereocenters. The Morgan fingerprint density at radius 2 is 1.70 bits per heavy atom. The third-order valence-corrected chi connectivity index (χ3v) is 5.87. The fraction of sp³-hybridized carbons (Fsp3) is 0.700. The molecule has 0 heterocycles. The standard InChI is InChI=1S/C20H32/c1-15-7-6-8-16(2)10-14-19-17(3)11-13-18(12-9-15)20(19,4)5/h8-9,18-19H,3,6-7,10-14H2,1-2,4-5H3. The van der Waals surface area contributed by atoms with Crippen molar-refractivity contribution in [2.24, 2.45) is 17.3 Å². The second kappa shape index (κ2) is 6.33. The van der Waals surface area contributed by atoms with Gasteiger partial charge >= 0.3 is 0 Å². The van der Waals surface area contributed by atoms with Crippen LogP contribution >= 0.6 is 0 Å². The molecule has 0 nitrogen and oxygen atoms in total. The lowest BCUT2D eigenvalue weighted by molar-refractivity contribution is 0.0950. The van der Waals surface area contributed by atoms with Gasteiger partial charge in [-0.25, -0.2) is 0 Å². The minimum atomic E-state index is 0.408. The minimum Gasteiger partial charge on any atom is -0.0996 e. The van der Waals surface area contributed by atoms with Gasteiger partial charge in [-0.05, 0) is 76.0 Å². The third-order valence-electron chi connectivity index (χ3n) is 5.87. The van der Waals surface area contributed by atoms with Gasteiger partial charge in [0.15, 0.2) is 0 Å². The van der Waals surface area contributed by atoms with E-state index in [2.05, 4.69) is 46.4 Å². The van der Waals surface area contributed by atoms with E-state index in [1.165, 1.54) is 50.5 Å². The molecule has 0 N–H and O–H groups in total. The Morgan fingerprint density at radius 1 is 1.00 bits per heavy atom. The minimum absolute atomic E-state index is 0.408. The van der Waals surface area contributed by atoms with Crippen molar-refractivity contribution in [2.75, 3.05) is 0 Å². The molecule has 0 aromatic carbocycles. The molecule has 0 radical (unpaired) electrons. The molecular weight excluding hydrogens is 240 g/mol. The zero-order valence-corrected chi connectivity index (χ0v) is 14.0. The van der Waals surface area contributed by atoms with Crippen LogP contribution in [0.4, 0.5) is 0 Å². The van der Waals surface area contributed by atoms with Crippen LogP contribution in [-0.4, -0.2) is 0 Å². The van der Waals surface area contributed by atoms with Crippen LogP contribution in [0.2, 0.25) is 0 Å². The molecule has 1 saturated carbocycles. The van der Waals surface area contributed by atoms with Crippen LogP contribution in [0.25, 0.3) is 0 Å². The second-order valence-corrected chi connectivity index (χ2v) is 7.68. The zero-order valence-electron chi connectivity index (χ0n) is 14.0. The molecule has 2 aliphatic carbocycles. The van der Waals surface area contributed by atoms with Crippen molar-refractivity contribution in [3.63, 3.8) is 0 Å². The molecule has 20 heavy (non-hydrogen) atoms. The molecule has 0 aliphatic heterocycles. The van der Waals surface area contributed by atoms with Gasteiger partial charge in [0.25, 0.3) is 0 Å². The summed E-state index contributed by atoms with van der Waals surface area (Å²) in [5, 5.41) is 0. The molecule has 0 spiro atoms. The zero-order chi connectivity index (χ0) is 14.8. The van der Waals surface area contributed by atoms with Crippen LogP contribution in [0.3, 0.4) is 0 Å². The number of hydrogen-bond acceptors (Lipinski definition) is 0. The van der Waals surface area contributed by atoms with Crippen LogP contribution in [0.5, 0.6) is 0 Å². The van der Waals surface area contributed by atoms with Crippen molar-refractivity contribution in [2.45, 2.75) is 72.6 Å². The van der Waals surface area contributed by atoms with Crippen LogP contribution in [0, 0.1) is 17.3 Å². The topological polar surface area (TPSA) is 0 Å². The normalized spacial score (nSPS) is 31.7. The van der Waals surface area contributed by atoms with E-state index in [1.807, 2.05) is 0 Å². The summed E-state index contributed by atoms with van der Waals surface area (Å²) in [4.78, 5) is 0. The van der Waals surface area contributed by atoms with E-state index in [0.717, 1.165) is 5.92 Å². The predicted molar refractivity (Wildman–Crippen MR) is 89.7 cm³/mol. The Bertz CT molecular complexity index is 419. The highest BCUT2D eigenvalue weighted by molar-refractivity contribution is 5.15. The Morgan fingerprint density at radius 3 is 2.45 bits per heavy atom. The summed E-state index contributed by atoms with van der Waals surface area (Å²) in [5.41, 5.74) is 5.07. The van der Waals surface area contributed by atoms with Crippen molar-refractivity contribution in [3.8, 4) is 0 Å². The second-order valence-electron chi connectivity index (χ2n) is 7.68. The number of allylic oxidation sites excluding steroid dienone is 5. The van der Waals surface area contributed by atoms with Gasteiger partial charge in [0, 0.05) is 0 Å². The summed E-state index contributed by atoms with van der Waals surface area (Å²) in [6.45, 7) is 14.0. The molecule has 2 bridgehead atoms. The Labute approximate surface area is 126 Å². The molecule has 1 fully saturated rings. The largest absolute Gasteiger partial charge is 0.0996 e. The van der Waals surface area contributed by atoms with Gasteiger partial charge in [0.05, 0.1) is 0 Å². The van der Waals surface area contributed by atoms with Crippen molar-refractivity contribution in [1.29, 1.82) is 0 Å². The Kier molecular flexibility index (Phi) is 4.94. The van der Waals surface area contributed by atoms with Gasteiger partial charge < -0.3 is 0 Å². The van der Waals surface area contributed by atoms with Gasteiger partial charge in [-0.2, -0.15) is 0 Å². The number of rotatable bonds is 0. The average molecular weight is 272 g/mol. The quantitative estimate of drug-likeness (QED) is 0.444. The maximum atomic E-state index is 4.40. The van der Waals surface area contributed by atoms with Gasteiger partial charge in [-0.1, -0.05) is 49.3 Å². The van der Waals surface area contributed by atoms with Crippen LogP contribution < -0.4 is 0 Å².